The van der Waals surface area contributed by atoms with Crippen LogP contribution in [0.1, 0.15) is 18.2 Å². The van der Waals surface area contributed by atoms with Crippen molar-refractivity contribution >= 4 is 33.2 Å². The predicted octanol–water partition coefficient (Wildman–Crippen LogP) is 1.59. The van der Waals surface area contributed by atoms with Gasteiger partial charge in [0.25, 0.3) is 0 Å². The first-order chi connectivity index (χ1) is 13.0. The molecule has 2 aromatic heterocycles. The lowest BCUT2D eigenvalue weighted by Crippen LogP contribution is -2.35. The fraction of sp³-hybridized carbons (Fsp3) is 0.250. The topological polar surface area (TPSA) is 137 Å². The van der Waals surface area contributed by atoms with Gasteiger partial charge in [-0.15, -0.1) is 10.2 Å². The molecular formula is C16H16Cl2N6O3S. The minimum atomic E-state index is -3.91. The first-order valence-corrected chi connectivity index (χ1v) is 10.4. The second-order valence-electron chi connectivity index (χ2n) is 6.33. The van der Waals surface area contributed by atoms with E-state index < -0.39 is 21.4 Å². The van der Waals surface area contributed by atoms with Crippen LogP contribution in [0.5, 0.6) is 0 Å². The predicted molar refractivity (Wildman–Crippen MR) is 104 cm³/mol. The Morgan fingerprint density at radius 1 is 1.18 bits per heavy atom. The van der Waals surface area contributed by atoms with Crippen molar-refractivity contribution in [3.63, 3.8) is 0 Å². The average Bonchev–Trinajstić information content (AvgIpc) is 3.05. The maximum atomic E-state index is 11.3. The molecule has 0 amide bonds. The molecule has 0 radical (unpaired) electrons. The summed E-state index contributed by atoms with van der Waals surface area (Å²) in [7, 11) is -3.91. The molecule has 3 aromatic rings. The molecule has 28 heavy (non-hydrogen) atoms. The molecular weight excluding hydrogens is 427 g/mol. The van der Waals surface area contributed by atoms with Gasteiger partial charge < -0.3 is 5.11 Å². The third-order valence-corrected chi connectivity index (χ3v) is 5.50. The van der Waals surface area contributed by atoms with Crippen molar-refractivity contribution in [3.05, 3.63) is 57.7 Å². The van der Waals surface area contributed by atoms with Gasteiger partial charge in [0.1, 0.15) is 11.3 Å². The van der Waals surface area contributed by atoms with Gasteiger partial charge in [-0.1, -0.05) is 35.3 Å². The summed E-state index contributed by atoms with van der Waals surface area (Å²) in [5, 5.41) is 28.6. The highest BCUT2D eigenvalue weighted by atomic mass is 35.5. The van der Waals surface area contributed by atoms with E-state index >= 15 is 0 Å². The lowest BCUT2D eigenvalue weighted by atomic mass is 10.0. The van der Waals surface area contributed by atoms with Crippen LogP contribution < -0.4 is 5.14 Å². The maximum absolute atomic E-state index is 11.3. The van der Waals surface area contributed by atoms with Crippen LogP contribution in [0.15, 0.2) is 36.4 Å². The van der Waals surface area contributed by atoms with Gasteiger partial charge >= 0.3 is 0 Å². The molecule has 0 saturated heterocycles. The van der Waals surface area contributed by atoms with E-state index in [1.165, 1.54) is 17.8 Å². The second kappa shape index (κ2) is 7.72. The van der Waals surface area contributed by atoms with Crippen molar-refractivity contribution in [1.82, 2.24) is 25.2 Å². The van der Waals surface area contributed by atoms with Crippen LogP contribution >= 0.6 is 23.2 Å². The van der Waals surface area contributed by atoms with E-state index in [-0.39, 0.29) is 18.1 Å². The monoisotopic (exact) mass is 442 g/mol. The number of rotatable bonds is 6. The number of nitrogens with zero attached hydrogens (tertiary/aromatic N) is 5. The smallest absolute Gasteiger partial charge is 0.223 e. The molecule has 12 heteroatoms. The number of hydrogen-bond acceptors (Lipinski definition) is 7. The van der Waals surface area contributed by atoms with E-state index in [1.807, 2.05) is 0 Å². The van der Waals surface area contributed by atoms with Gasteiger partial charge in [0.05, 0.1) is 18.0 Å². The Morgan fingerprint density at radius 3 is 2.46 bits per heavy atom. The number of pyridine rings is 1. The largest absolute Gasteiger partial charge is 0.383 e. The zero-order valence-electron chi connectivity index (χ0n) is 14.6. The van der Waals surface area contributed by atoms with E-state index in [2.05, 4.69) is 20.4 Å². The molecule has 9 nitrogen and oxygen atoms in total. The number of nitrogens with two attached hydrogens (primary N) is 1. The molecule has 148 valence electrons. The van der Waals surface area contributed by atoms with Gasteiger partial charge in [-0.05, 0) is 36.4 Å². The highest BCUT2D eigenvalue weighted by Crippen LogP contribution is 2.25. The fourth-order valence-electron chi connectivity index (χ4n) is 2.56. The van der Waals surface area contributed by atoms with Gasteiger partial charge in [0, 0.05) is 15.6 Å². The van der Waals surface area contributed by atoms with Crippen molar-refractivity contribution in [2.24, 2.45) is 5.14 Å². The summed E-state index contributed by atoms with van der Waals surface area (Å²) in [5.41, 5.74) is -0.703. The molecule has 0 aliphatic rings. The minimum Gasteiger partial charge on any atom is -0.383 e. The van der Waals surface area contributed by atoms with Gasteiger partial charge in [-0.3, -0.25) is 0 Å². The number of tetrazole rings is 1. The van der Waals surface area contributed by atoms with Crippen LogP contribution in [-0.4, -0.2) is 44.5 Å². The van der Waals surface area contributed by atoms with Gasteiger partial charge in [-0.25, -0.2) is 18.5 Å². The second-order valence-corrected chi connectivity index (χ2v) is 8.76. The van der Waals surface area contributed by atoms with E-state index in [9.17, 15) is 13.5 Å². The zero-order valence-corrected chi connectivity index (χ0v) is 16.9. The van der Waals surface area contributed by atoms with Crippen molar-refractivity contribution in [3.8, 4) is 11.5 Å². The Morgan fingerprint density at radius 2 is 1.82 bits per heavy atom. The van der Waals surface area contributed by atoms with Crippen molar-refractivity contribution in [2.75, 3.05) is 5.75 Å². The number of aromatic nitrogens is 5. The first kappa shape index (κ1) is 20.6. The van der Waals surface area contributed by atoms with Crippen LogP contribution in [0.25, 0.3) is 11.5 Å². The molecule has 0 spiro atoms. The van der Waals surface area contributed by atoms with Crippen molar-refractivity contribution in [2.45, 2.75) is 19.1 Å². The molecule has 1 atom stereocenters. The van der Waals surface area contributed by atoms with Gasteiger partial charge in [0.2, 0.25) is 15.8 Å². The SMILES string of the molecule is C[C@](O)(CS(N)(=O)=O)c1cccc(-c2nnn(Cc3c(Cl)cccc3Cl)n2)n1. The molecule has 3 N–H and O–H groups in total. The van der Waals surface area contributed by atoms with Crippen LogP contribution in [0.2, 0.25) is 10.0 Å². The highest BCUT2D eigenvalue weighted by Gasteiger charge is 2.30. The maximum Gasteiger partial charge on any atom is 0.223 e. The van der Waals surface area contributed by atoms with E-state index in [1.54, 1.807) is 30.3 Å². The van der Waals surface area contributed by atoms with Crippen LogP contribution in [0.3, 0.4) is 0 Å². The third kappa shape index (κ3) is 4.83. The lowest BCUT2D eigenvalue weighted by Gasteiger charge is -2.21. The number of benzene rings is 1. The Kier molecular flexibility index (Phi) is 5.69. The van der Waals surface area contributed by atoms with Crippen LogP contribution in [0, 0.1) is 0 Å². The highest BCUT2D eigenvalue weighted by molar-refractivity contribution is 7.89. The molecule has 0 saturated carbocycles. The Bertz CT molecular complexity index is 1100. The first-order valence-electron chi connectivity index (χ1n) is 7.97. The molecule has 1 aromatic carbocycles. The summed E-state index contributed by atoms with van der Waals surface area (Å²) in [6.07, 6.45) is 0. The third-order valence-electron chi connectivity index (χ3n) is 3.83. The van der Waals surface area contributed by atoms with Crippen LogP contribution in [0.4, 0.5) is 0 Å². The summed E-state index contributed by atoms with van der Waals surface area (Å²) in [5.74, 6) is -0.488. The van der Waals surface area contributed by atoms with E-state index in [0.717, 1.165) is 0 Å². The Balaban J connectivity index is 1.88. The molecule has 3 rings (SSSR count). The summed E-state index contributed by atoms with van der Waals surface area (Å²) in [4.78, 5) is 5.56. The molecule has 0 fully saturated rings. The Hall–Kier alpha value is -2.11. The van der Waals surface area contributed by atoms with Gasteiger partial charge in [-0.2, -0.15) is 4.80 Å². The number of halogens is 2. The van der Waals surface area contributed by atoms with Crippen molar-refractivity contribution in [1.29, 1.82) is 0 Å². The van der Waals surface area contributed by atoms with E-state index in [4.69, 9.17) is 28.3 Å². The number of aliphatic hydroxyl groups is 1. The van der Waals surface area contributed by atoms with Crippen molar-refractivity contribution < 1.29 is 13.5 Å². The zero-order chi connectivity index (χ0) is 20.5. The quantitative estimate of drug-likeness (QED) is 0.590. The average molecular weight is 443 g/mol. The normalized spacial score (nSPS) is 14.0. The van der Waals surface area contributed by atoms with Crippen LogP contribution in [-0.2, 0) is 22.2 Å². The number of hydrogen-bond donors (Lipinski definition) is 2. The standard InChI is InChI=1S/C16H16Cl2N6O3S/c1-16(25,9-28(19,26)27)14-7-3-6-13(20-14)15-21-23-24(22-15)8-10-11(17)4-2-5-12(10)18/h2-7,25H,8-9H2,1H3,(H2,19,26,27)/t16-/m0/s1. The molecule has 0 bridgehead atoms. The minimum absolute atomic E-state index is 0.115. The summed E-state index contributed by atoms with van der Waals surface area (Å²) in [6.45, 7) is 1.52. The molecule has 0 unspecified atom stereocenters. The number of primary sulfonamides is 1. The summed E-state index contributed by atoms with van der Waals surface area (Å²) < 4.78 is 22.7. The summed E-state index contributed by atoms with van der Waals surface area (Å²) >= 11 is 12.3. The Labute approximate surface area is 171 Å². The van der Waals surface area contributed by atoms with Gasteiger partial charge in [0.15, 0.2) is 0 Å². The number of sulfonamides is 1. The molecule has 0 aliphatic carbocycles. The fourth-order valence-corrected chi connectivity index (χ4v) is 4.01. The molecule has 0 aliphatic heterocycles. The lowest BCUT2D eigenvalue weighted by molar-refractivity contribution is 0.0773. The molecule has 2 heterocycles. The van der Waals surface area contributed by atoms with E-state index in [0.29, 0.717) is 21.3 Å². The summed E-state index contributed by atoms with van der Waals surface area (Å²) in [6, 6.07) is 9.85.